The predicted molar refractivity (Wildman–Crippen MR) is 75.0 cm³/mol. The molecule has 0 amide bonds. The Labute approximate surface area is 110 Å². The molecule has 0 spiro atoms. The highest BCUT2D eigenvalue weighted by molar-refractivity contribution is 5.13. The number of benzene rings is 1. The van der Waals surface area contributed by atoms with Crippen LogP contribution in [0.25, 0.3) is 0 Å². The fraction of sp³-hybridized carbons (Fsp3) is 0.500. The van der Waals surface area contributed by atoms with E-state index in [1.807, 2.05) is 12.1 Å². The van der Waals surface area contributed by atoms with E-state index >= 15 is 0 Å². The summed E-state index contributed by atoms with van der Waals surface area (Å²) in [5.41, 5.74) is 1.35. The Hall–Kier alpha value is -1.12. The molecule has 2 rings (SSSR count). The smallest absolute Gasteiger partial charge is 0.0936 e. The molecule has 1 saturated heterocycles. The van der Waals surface area contributed by atoms with Gasteiger partial charge in [-0.15, -0.1) is 6.58 Å². The van der Waals surface area contributed by atoms with Gasteiger partial charge in [0.1, 0.15) is 0 Å². The summed E-state index contributed by atoms with van der Waals surface area (Å²) in [6.07, 6.45) is 6.69. The highest BCUT2D eigenvalue weighted by atomic mass is 16.7. The summed E-state index contributed by atoms with van der Waals surface area (Å²) in [5.74, 6) is 0. The average Bonchev–Trinajstić information content (AvgIpc) is 2.39. The van der Waals surface area contributed by atoms with E-state index in [-0.39, 0.29) is 5.54 Å². The van der Waals surface area contributed by atoms with Crippen molar-refractivity contribution < 1.29 is 4.84 Å². The van der Waals surface area contributed by atoms with Crippen LogP contribution in [0.5, 0.6) is 0 Å². The lowest BCUT2D eigenvalue weighted by molar-refractivity contribution is -0.239. The van der Waals surface area contributed by atoms with Crippen LogP contribution in [0.3, 0.4) is 0 Å². The maximum Gasteiger partial charge on any atom is 0.0936 e. The number of nitrogens with zero attached hydrogens (tertiary/aromatic N) is 1. The molecule has 2 nitrogen and oxygen atoms in total. The molecule has 1 fully saturated rings. The van der Waals surface area contributed by atoms with E-state index in [1.165, 1.54) is 24.8 Å². The highest BCUT2D eigenvalue weighted by Crippen LogP contribution is 2.31. The van der Waals surface area contributed by atoms with Crippen LogP contribution in [-0.4, -0.2) is 17.1 Å². The SMILES string of the molecule is C=CC[C@@]1(C)CCCCN1OCc1ccccc1. The number of piperidine rings is 1. The van der Waals surface area contributed by atoms with Gasteiger partial charge >= 0.3 is 0 Å². The maximum atomic E-state index is 6.02. The van der Waals surface area contributed by atoms with Gasteiger partial charge in [0.15, 0.2) is 0 Å². The molecule has 1 atom stereocenters. The minimum atomic E-state index is 0.120. The van der Waals surface area contributed by atoms with Gasteiger partial charge in [0.05, 0.1) is 6.61 Å². The molecular weight excluding hydrogens is 222 g/mol. The standard InChI is InChI=1S/C16H23NO/c1-3-11-16(2)12-7-8-13-17(16)18-14-15-9-5-4-6-10-15/h3-6,9-10H,1,7-8,11-14H2,2H3/t16-/m0/s1. The molecule has 0 bridgehead atoms. The van der Waals surface area contributed by atoms with Crippen LogP contribution in [0, 0.1) is 0 Å². The zero-order valence-corrected chi connectivity index (χ0v) is 11.3. The van der Waals surface area contributed by atoms with Crippen molar-refractivity contribution in [1.82, 2.24) is 5.06 Å². The summed E-state index contributed by atoms with van der Waals surface area (Å²) in [6, 6.07) is 10.4. The van der Waals surface area contributed by atoms with Gasteiger partial charge in [-0.3, -0.25) is 4.84 Å². The van der Waals surface area contributed by atoms with Gasteiger partial charge in [0.2, 0.25) is 0 Å². The van der Waals surface area contributed by atoms with E-state index in [9.17, 15) is 0 Å². The molecule has 0 unspecified atom stereocenters. The second-order valence-electron chi connectivity index (χ2n) is 5.31. The van der Waals surface area contributed by atoms with Crippen molar-refractivity contribution in [1.29, 1.82) is 0 Å². The molecule has 1 heterocycles. The van der Waals surface area contributed by atoms with Crippen LogP contribution >= 0.6 is 0 Å². The maximum absolute atomic E-state index is 6.02. The number of hydrogen-bond donors (Lipinski definition) is 0. The molecule has 0 aliphatic carbocycles. The molecule has 0 aromatic heterocycles. The highest BCUT2D eigenvalue weighted by Gasteiger charge is 2.34. The quantitative estimate of drug-likeness (QED) is 0.729. The third-order valence-electron chi connectivity index (χ3n) is 3.74. The van der Waals surface area contributed by atoms with E-state index in [0.29, 0.717) is 6.61 Å². The lowest BCUT2D eigenvalue weighted by Crippen LogP contribution is -2.49. The normalized spacial score (nSPS) is 24.9. The largest absolute Gasteiger partial charge is 0.294 e. The Morgan fingerprint density at radius 2 is 2.11 bits per heavy atom. The summed E-state index contributed by atoms with van der Waals surface area (Å²) >= 11 is 0. The van der Waals surface area contributed by atoms with Gasteiger partial charge in [-0.2, -0.15) is 5.06 Å². The monoisotopic (exact) mass is 245 g/mol. The first-order valence-corrected chi connectivity index (χ1v) is 6.80. The van der Waals surface area contributed by atoms with Crippen molar-refractivity contribution in [3.05, 3.63) is 48.6 Å². The van der Waals surface area contributed by atoms with Crippen molar-refractivity contribution >= 4 is 0 Å². The first-order chi connectivity index (χ1) is 8.74. The number of hydroxylamine groups is 2. The topological polar surface area (TPSA) is 12.5 Å². The third-order valence-corrected chi connectivity index (χ3v) is 3.74. The minimum absolute atomic E-state index is 0.120. The molecule has 1 aliphatic heterocycles. The fourth-order valence-corrected chi connectivity index (χ4v) is 2.62. The lowest BCUT2D eigenvalue weighted by atomic mass is 9.87. The second-order valence-corrected chi connectivity index (χ2v) is 5.31. The average molecular weight is 245 g/mol. The Balaban J connectivity index is 1.95. The molecule has 98 valence electrons. The molecule has 1 aliphatic rings. The summed E-state index contributed by atoms with van der Waals surface area (Å²) in [4.78, 5) is 6.02. The predicted octanol–water partition coefficient (Wildman–Crippen LogP) is 3.94. The Kier molecular flexibility index (Phi) is 4.56. The molecule has 18 heavy (non-hydrogen) atoms. The zero-order chi connectivity index (χ0) is 12.8. The Morgan fingerprint density at radius 1 is 1.33 bits per heavy atom. The molecule has 0 radical (unpaired) electrons. The van der Waals surface area contributed by atoms with Crippen molar-refractivity contribution in [2.45, 2.75) is 44.8 Å². The second kappa shape index (κ2) is 6.17. The third kappa shape index (κ3) is 3.21. The molecule has 1 aromatic rings. The van der Waals surface area contributed by atoms with Crippen LogP contribution < -0.4 is 0 Å². The lowest BCUT2D eigenvalue weighted by Gasteiger charge is -2.43. The van der Waals surface area contributed by atoms with Crippen LogP contribution in [0.4, 0.5) is 0 Å². The molecular formula is C16H23NO. The van der Waals surface area contributed by atoms with Crippen LogP contribution in [-0.2, 0) is 11.4 Å². The van der Waals surface area contributed by atoms with E-state index in [1.54, 1.807) is 0 Å². The summed E-state index contributed by atoms with van der Waals surface area (Å²) < 4.78 is 0. The van der Waals surface area contributed by atoms with Gasteiger partial charge in [-0.1, -0.05) is 42.8 Å². The van der Waals surface area contributed by atoms with E-state index < -0.39 is 0 Å². The van der Waals surface area contributed by atoms with Crippen LogP contribution in [0.15, 0.2) is 43.0 Å². The molecule has 2 heteroatoms. The van der Waals surface area contributed by atoms with Gasteiger partial charge < -0.3 is 0 Å². The first kappa shape index (κ1) is 13.3. The van der Waals surface area contributed by atoms with Crippen molar-refractivity contribution in [3.63, 3.8) is 0 Å². The van der Waals surface area contributed by atoms with Crippen molar-refractivity contribution in [3.8, 4) is 0 Å². The molecule has 0 saturated carbocycles. The van der Waals surface area contributed by atoms with E-state index in [4.69, 9.17) is 4.84 Å². The zero-order valence-electron chi connectivity index (χ0n) is 11.3. The van der Waals surface area contributed by atoms with Crippen molar-refractivity contribution in [2.24, 2.45) is 0 Å². The van der Waals surface area contributed by atoms with Crippen LogP contribution in [0.2, 0.25) is 0 Å². The van der Waals surface area contributed by atoms with E-state index in [2.05, 4.69) is 42.8 Å². The Bertz CT molecular complexity index is 376. The fourth-order valence-electron chi connectivity index (χ4n) is 2.62. The van der Waals surface area contributed by atoms with Gasteiger partial charge in [0, 0.05) is 12.1 Å². The number of hydrogen-bond acceptors (Lipinski definition) is 2. The summed E-state index contributed by atoms with van der Waals surface area (Å²) in [6.45, 7) is 7.83. The summed E-state index contributed by atoms with van der Waals surface area (Å²) in [7, 11) is 0. The first-order valence-electron chi connectivity index (χ1n) is 6.80. The van der Waals surface area contributed by atoms with Crippen LogP contribution in [0.1, 0.15) is 38.2 Å². The van der Waals surface area contributed by atoms with Gasteiger partial charge in [-0.25, -0.2) is 0 Å². The minimum Gasteiger partial charge on any atom is -0.294 e. The summed E-state index contributed by atoms with van der Waals surface area (Å²) in [5, 5.41) is 2.17. The molecule has 1 aromatic carbocycles. The number of rotatable bonds is 5. The Morgan fingerprint density at radius 3 is 2.83 bits per heavy atom. The van der Waals surface area contributed by atoms with E-state index in [0.717, 1.165) is 13.0 Å². The van der Waals surface area contributed by atoms with Crippen molar-refractivity contribution in [2.75, 3.05) is 6.54 Å². The van der Waals surface area contributed by atoms with Gasteiger partial charge in [-0.05, 0) is 31.7 Å². The van der Waals surface area contributed by atoms with Gasteiger partial charge in [0.25, 0.3) is 0 Å². The molecule has 0 N–H and O–H groups in total.